The van der Waals surface area contributed by atoms with Crippen LogP contribution in [0.25, 0.3) is 21.6 Å². The van der Waals surface area contributed by atoms with Gasteiger partial charge in [0.1, 0.15) is 10.7 Å². The predicted molar refractivity (Wildman–Crippen MR) is 128 cm³/mol. The molecule has 0 spiro atoms. The molecule has 4 rings (SSSR count). The maximum absolute atomic E-state index is 12.5. The molecule has 0 aliphatic rings. The minimum Gasteiger partial charge on any atom is -0.325 e. The molecule has 2 aromatic heterocycles. The molecule has 32 heavy (non-hydrogen) atoms. The Morgan fingerprint density at radius 2 is 1.97 bits per heavy atom. The number of H-pyrrole nitrogens is 1. The minimum atomic E-state index is -0.503. The zero-order valence-electron chi connectivity index (χ0n) is 17.2. The highest BCUT2D eigenvalue weighted by molar-refractivity contribution is 8.00. The van der Waals surface area contributed by atoms with Crippen molar-refractivity contribution < 1.29 is 9.72 Å². The molecule has 10 heteroatoms. The number of fused-ring (bicyclic) bond motifs is 1. The lowest BCUT2D eigenvalue weighted by Gasteiger charge is -2.07. The van der Waals surface area contributed by atoms with Crippen molar-refractivity contribution in [3.8, 4) is 11.4 Å². The SMILES string of the molecule is Cc1sc2nc(-c3ccc(SCC(=O)Nc4ccccc4)c([N+](=O)[O-])c3)[nH]c(=O)c2c1C. The molecule has 0 aliphatic carbocycles. The van der Waals surface area contributed by atoms with Crippen molar-refractivity contribution in [2.45, 2.75) is 18.7 Å². The Morgan fingerprint density at radius 1 is 1.22 bits per heavy atom. The number of aromatic amines is 1. The van der Waals surface area contributed by atoms with E-state index in [4.69, 9.17) is 0 Å². The van der Waals surface area contributed by atoms with Crippen LogP contribution in [0.5, 0.6) is 0 Å². The van der Waals surface area contributed by atoms with Crippen molar-refractivity contribution in [1.29, 1.82) is 0 Å². The van der Waals surface area contributed by atoms with Gasteiger partial charge in [-0.25, -0.2) is 4.98 Å². The zero-order valence-corrected chi connectivity index (χ0v) is 18.8. The number of nitrogens with one attached hydrogen (secondary N) is 2. The fourth-order valence-corrected chi connectivity index (χ4v) is 5.02. The molecule has 2 aromatic carbocycles. The summed E-state index contributed by atoms with van der Waals surface area (Å²) in [5, 5.41) is 15.0. The molecule has 4 aromatic rings. The normalized spacial score (nSPS) is 10.9. The quantitative estimate of drug-likeness (QED) is 0.237. The summed E-state index contributed by atoms with van der Waals surface area (Å²) in [6.07, 6.45) is 0. The highest BCUT2D eigenvalue weighted by Gasteiger charge is 2.19. The molecule has 0 saturated heterocycles. The summed E-state index contributed by atoms with van der Waals surface area (Å²) < 4.78 is 0. The predicted octanol–water partition coefficient (Wildman–Crippen LogP) is 4.91. The van der Waals surface area contributed by atoms with Gasteiger partial charge in [0.25, 0.3) is 11.2 Å². The molecule has 0 atom stereocenters. The van der Waals surface area contributed by atoms with E-state index in [9.17, 15) is 19.7 Å². The largest absolute Gasteiger partial charge is 0.325 e. The van der Waals surface area contributed by atoms with Crippen LogP contribution in [0.2, 0.25) is 0 Å². The van der Waals surface area contributed by atoms with Gasteiger partial charge in [-0.05, 0) is 43.7 Å². The molecule has 0 saturated carbocycles. The molecular formula is C22H18N4O4S2. The van der Waals surface area contributed by atoms with Crippen LogP contribution < -0.4 is 10.9 Å². The van der Waals surface area contributed by atoms with Gasteiger partial charge in [-0.1, -0.05) is 18.2 Å². The second-order valence-corrected chi connectivity index (χ2v) is 9.24. The van der Waals surface area contributed by atoms with Gasteiger partial charge < -0.3 is 10.3 Å². The van der Waals surface area contributed by atoms with E-state index in [1.807, 2.05) is 19.9 Å². The van der Waals surface area contributed by atoms with Crippen LogP contribution in [0.3, 0.4) is 0 Å². The van der Waals surface area contributed by atoms with Crippen molar-refractivity contribution in [2.24, 2.45) is 0 Å². The van der Waals surface area contributed by atoms with E-state index in [2.05, 4.69) is 15.3 Å². The zero-order chi connectivity index (χ0) is 22.8. The molecule has 2 heterocycles. The highest BCUT2D eigenvalue weighted by atomic mass is 32.2. The first-order chi connectivity index (χ1) is 15.3. The van der Waals surface area contributed by atoms with Crippen LogP contribution in [-0.2, 0) is 4.79 Å². The average Bonchev–Trinajstić information content (AvgIpc) is 3.06. The first kappa shape index (κ1) is 21.7. The van der Waals surface area contributed by atoms with Crippen LogP contribution >= 0.6 is 23.1 Å². The van der Waals surface area contributed by atoms with E-state index in [-0.39, 0.29) is 28.7 Å². The van der Waals surface area contributed by atoms with Gasteiger partial charge in [-0.3, -0.25) is 19.7 Å². The smallest absolute Gasteiger partial charge is 0.283 e. The summed E-state index contributed by atoms with van der Waals surface area (Å²) in [5.74, 6) is 0.0221. The second-order valence-electron chi connectivity index (χ2n) is 7.02. The van der Waals surface area contributed by atoms with E-state index >= 15 is 0 Å². The Morgan fingerprint density at radius 3 is 2.69 bits per heavy atom. The third kappa shape index (κ3) is 4.41. The van der Waals surface area contributed by atoms with Crippen LogP contribution in [0.4, 0.5) is 11.4 Å². The van der Waals surface area contributed by atoms with E-state index in [0.717, 1.165) is 22.2 Å². The Hall–Kier alpha value is -3.50. The lowest BCUT2D eigenvalue weighted by Crippen LogP contribution is -2.14. The summed E-state index contributed by atoms with van der Waals surface area (Å²) in [5.41, 5.74) is 1.55. The lowest BCUT2D eigenvalue weighted by atomic mass is 10.1. The number of para-hydroxylation sites is 1. The number of nitro benzene ring substituents is 1. The molecular weight excluding hydrogens is 448 g/mol. The molecule has 1 amide bonds. The van der Waals surface area contributed by atoms with Crippen LogP contribution in [0.1, 0.15) is 10.4 Å². The van der Waals surface area contributed by atoms with Crippen molar-refractivity contribution in [2.75, 3.05) is 11.1 Å². The summed E-state index contributed by atoms with van der Waals surface area (Å²) in [7, 11) is 0. The maximum Gasteiger partial charge on any atom is 0.283 e. The molecule has 2 N–H and O–H groups in total. The number of hydrogen-bond donors (Lipinski definition) is 2. The highest BCUT2D eigenvalue weighted by Crippen LogP contribution is 2.33. The molecule has 0 unspecified atom stereocenters. The Labute approximate surface area is 190 Å². The van der Waals surface area contributed by atoms with Gasteiger partial charge in [0.2, 0.25) is 5.91 Å². The summed E-state index contributed by atoms with van der Waals surface area (Å²) in [6, 6.07) is 13.6. The van der Waals surface area contributed by atoms with E-state index in [1.54, 1.807) is 36.4 Å². The third-order valence-electron chi connectivity index (χ3n) is 4.88. The van der Waals surface area contributed by atoms with Gasteiger partial charge in [0.15, 0.2) is 0 Å². The van der Waals surface area contributed by atoms with Crippen molar-refractivity contribution in [3.05, 3.63) is 79.4 Å². The monoisotopic (exact) mass is 466 g/mol. The Balaban J connectivity index is 1.59. The molecule has 0 fully saturated rings. The van der Waals surface area contributed by atoms with E-state index < -0.39 is 4.92 Å². The van der Waals surface area contributed by atoms with E-state index in [1.165, 1.54) is 17.4 Å². The summed E-state index contributed by atoms with van der Waals surface area (Å²) in [4.78, 5) is 45.1. The summed E-state index contributed by atoms with van der Waals surface area (Å²) >= 11 is 2.49. The second kappa shape index (κ2) is 8.93. The van der Waals surface area contributed by atoms with Crippen LogP contribution in [-0.4, -0.2) is 26.6 Å². The molecule has 0 aliphatic heterocycles. The fourth-order valence-electron chi connectivity index (χ4n) is 3.18. The molecule has 0 bridgehead atoms. The molecule has 0 radical (unpaired) electrons. The topological polar surface area (TPSA) is 118 Å². The van der Waals surface area contributed by atoms with Gasteiger partial charge >= 0.3 is 0 Å². The number of thioether (sulfide) groups is 1. The first-order valence-corrected chi connectivity index (χ1v) is 11.4. The van der Waals surface area contributed by atoms with E-state index in [0.29, 0.717) is 26.4 Å². The molecule has 162 valence electrons. The number of carbonyl (C=O) groups excluding carboxylic acids is 1. The average molecular weight is 467 g/mol. The number of nitrogens with zero attached hydrogens (tertiary/aromatic N) is 2. The Bertz CT molecular complexity index is 1400. The molecule has 8 nitrogen and oxygen atoms in total. The number of benzene rings is 2. The number of hydrogen-bond acceptors (Lipinski definition) is 7. The first-order valence-electron chi connectivity index (χ1n) is 9.60. The fraction of sp³-hybridized carbons (Fsp3) is 0.136. The third-order valence-corrected chi connectivity index (χ3v) is 7.05. The van der Waals surface area contributed by atoms with Crippen LogP contribution in [0.15, 0.2) is 58.2 Å². The number of rotatable bonds is 6. The maximum atomic E-state index is 12.5. The number of nitro groups is 1. The van der Waals surface area contributed by atoms with Crippen LogP contribution in [0, 0.1) is 24.0 Å². The standard InChI is InChI=1S/C22H18N4O4S2/c1-12-13(2)32-22-19(12)21(28)24-20(25-22)14-8-9-17(16(10-14)26(29)30)31-11-18(27)23-15-6-4-3-5-7-15/h3-10H,11H2,1-2H3,(H,23,27)(H,24,25,28). The number of thiophene rings is 1. The Kier molecular flexibility index (Phi) is 6.06. The number of aromatic nitrogens is 2. The lowest BCUT2D eigenvalue weighted by molar-refractivity contribution is -0.387. The number of amides is 1. The number of aryl methyl sites for hydroxylation is 2. The van der Waals surface area contributed by atoms with Gasteiger partial charge in [0.05, 0.1) is 21.0 Å². The van der Waals surface area contributed by atoms with Crippen molar-refractivity contribution in [1.82, 2.24) is 9.97 Å². The number of anilines is 1. The van der Waals surface area contributed by atoms with Gasteiger partial charge in [-0.2, -0.15) is 0 Å². The summed E-state index contributed by atoms with van der Waals surface area (Å²) in [6.45, 7) is 3.79. The van der Waals surface area contributed by atoms with Gasteiger partial charge in [0, 0.05) is 22.2 Å². The minimum absolute atomic E-state index is 0.0177. The van der Waals surface area contributed by atoms with Crippen molar-refractivity contribution in [3.63, 3.8) is 0 Å². The van der Waals surface area contributed by atoms with Gasteiger partial charge in [-0.15, -0.1) is 23.1 Å². The van der Waals surface area contributed by atoms with Crippen molar-refractivity contribution >= 4 is 50.6 Å². The number of carbonyl (C=O) groups is 1.